The van der Waals surface area contributed by atoms with Crippen molar-refractivity contribution in [3.63, 3.8) is 0 Å². The van der Waals surface area contributed by atoms with E-state index in [1.54, 1.807) is 30.5 Å². The number of aryl methyl sites for hydroxylation is 1. The summed E-state index contributed by atoms with van der Waals surface area (Å²) in [5.74, 6) is 0.222. The predicted molar refractivity (Wildman–Crippen MR) is 100 cm³/mol. The van der Waals surface area contributed by atoms with Gasteiger partial charge in [-0.25, -0.2) is 4.39 Å². The summed E-state index contributed by atoms with van der Waals surface area (Å²) in [5.41, 5.74) is 1.92. The lowest BCUT2D eigenvalue weighted by Crippen LogP contribution is -2.41. The summed E-state index contributed by atoms with van der Waals surface area (Å²) in [6.45, 7) is 3.82. The van der Waals surface area contributed by atoms with Crippen molar-refractivity contribution >= 4 is 23.2 Å². The molecule has 1 heterocycles. The zero-order valence-electron chi connectivity index (χ0n) is 14.4. The topological polar surface area (TPSA) is 65.5 Å². The molecule has 0 unspecified atom stereocenters. The summed E-state index contributed by atoms with van der Waals surface area (Å²) in [5, 5.41) is 11.3. The Morgan fingerprint density at radius 2 is 2.00 bits per heavy atom. The van der Waals surface area contributed by atoms with Crippen LogP contribution in [0.3, 0.4) is 0 Å². The van der Waals surface area contributed by atoms with Crippen molar-refractivity contribution in [2.45, 2.75) is 19.9 Å². The van der Waals surface area contributed by atoms with Gasteiger partial charge >= 0.3 is 0 Å². The van der Waals surface area contributed by atoms with Gasteiger partial charge in [-0.2, -0.15) is 0 Å². The minimum absolute atomic E-state index is 0.135. The van der Waals surface area contributed by atoms with Crippen LogP contribution in [0.15, 0.2) is 40.7 Å². The number of hydrogen-bond acceptors (Lipinski definition) is 3. The van der Waals surface area contributed by atoms with Crippen molar-refractivity contribution < 1.29 is 9.18 Å². The quantitative estimate of drug-likeness (QED) is 0.402. The number of halogens is 1. The third-order valence-corrected chi connectivity index (χ3v) is 4.62. The van der Waals surface area contributed by atoms with Crippen LogP contribution in [0.5, 0.6) is 0 Å². The highest BCUT2D eigenvalue weighted by Crippen LogP contribution is 2.14. The van der Waals surface area contributed by atoms with Crippen LogP contribution in [0, 0.1) is 12.7 Å². The average molecular weight is 362 g/mol. The van der Waals surface area contributed by atoms with Gasteiger partial charge in [0.1, 0.15) is 5.82 Å². The zero-order chi connectivity index (χ0) is 18.1. The van der Waals surface area contributed by atoms with E-state index < -0.39 is 0 Å². The molecule has 0 fully saturated rings. The molecular weight excluding hydrogens is 339 g/mol. The molecule has 0 saturated carbocycles. The molecule has 1 aromatic carbocycles. The van der Waals surface area contributed by atoms with Gasteiger partial charge < -0.3 is 16.0 Å². The van der Waals surface area contributed by atoms with E-state index in [0.717, 1.165) is 6.54 Å². The maximum Gasteiger partial charge on any atom is 0.224 e. The Kier molecular flexibility index (Phi) is 7.40. The Hall–Kier alpha value is -2.41. The molecule has 25 heavy (non-hydrogen) atoms. The molecule has 3 N–H and O–H groups in total. The normalized spacial score (nSPS) is 11.2. The molecule has 0 aliphatic carbocycles. The Morgan fingerprint density at radius 3 is 2.68 bits per heavy atom. The minimum atomic E-state index is -0.331. The fraction of sp³-hybridized carbons (Fsp3) is 0.333. The van der Waals surface area contributed by atoms with Crippen LogP contribution >= 0.6 is 11.3 Å². The largest absolute Gasteiger partial charge is 0.355 e. The first kappa shape index (κ1) is 18.9. The lowest BCUT2D eigenvalue weighted by atomic mass is 10.1. The number of guanidine groups is 1. The van der Waals surface area contributed by atoms with E-state index >= 15 is 0 Å². The Labute approximate surface area is 151 Å². The van der Waals surface area contributed by atoms with E-state index in [0.29, 0.717) is 24.6 Å². The number of hydrogen-bond donors (Lipinski definition) is 3. The SMILES string of the molecule is CN=C(NCCNC(=O)Cc1cccc(F)c1)NCc1sccc1C. The minimum Gasteiger partial charge on any atom is -0.355 e. The first-order valence-corrected chi connectivity index (χ1v) is 8.95. The van der Waals surface area contributed by atoms with Gasteiger partial charge in [-0.15, -0.1) is 11.3 Å². The summed E-state index contributed by atoms with van der Waals surface area (Å²) in [6, 6.07) is 8.16. The molecule has 0 aliphatic heterocycles. The molecule has 2 aromatic rings. The number of rotatable bonds is 7. The van der Waals surface area contributed by atoms with Gasteiger partial charge in [0, 0.05) is 25.0 Å². The average Bonchev–Trinajstić information content (AvgIpc) is 2.99. The van der Waals surface area contributed by atoms with E-state index in [-0.39, 0.29) is 18.1 Å². The highest BCUT2D eigenvalue weighted by molar-refractivity contribution is 7.10. The second-order valence-corrected chi connectivity index (χ2v) is 6.54. The van der Waals surface area contributed by atoms with E-state index in [1.165, 1.54) is 22.6 Å². The van der Waals surface area contributed by atoms with Crippen molar-refractivity contribution in [2.75, 3.05) is 20.1 Å². The highest BCUT2D eigenvalue weighted by Gasteiger charge is 2.05. The summed E-state index contributed by atoms with van der Waals surface area (Å²) >= 11 is 1.71. The van der Waals surface area contributed by atoms with Gasteiger partial charge in [-0.3, -0.25) is 9.79 Å². The van der Waals surface area contributed by atoms with Crippen LogP contribution in [0.2, 0.25) is 0 Å². The van der Waals surface area contributed by atoms with Crippen molar-refractivity contribution in [2.24, 2.45) is 4.99 Å². The number of nitrogens with zero attached hydrogens (tertiary/aromatic N) is 1. The molecule has 5 nitrogen and oxygen atoms in total. The molecule has 0 aliphatic rings. The van der Waals surface area contributed by atoms with Crippen molar-refractivity contribution in [3.8, 4) is 0 Å². The molecule has 0 saturated heterocycles. The van der Waals surface area contributed by atoms with Crippen LogP contribution in [0.25, 0.3) is 0 Å². The monoisotopic (exact) mass is 362 g/mol. The lowest BCUT2D eigenvalue weighted by molar-refractivity contribution is -0.120. The summed E-state index contributed by atoms with van der Waals surface area (Å²) in [7, 11) is 1.71. The molecular formula is C18H23FN4OS. The summed E-state index contributed by atoms with van der Waals surface area (Å²) in [6.07, 6.45) is 0.169. The van der Waals surface area contributed by atoms with Crippen LogP contribution in [-0.2, 0) is 17.8 Å². The van der Waals surface area contributed by atoms with Gasteiger partial charge in [0.25, 0.3) is 0 Å². The molecule has 134 valence electrons. The maximum atomic E-state index is 13.1. The number of carbonyl (C=O) groups excluding carboxylic acids is 1. The maximum absolute atomic E-state index is 13.1. The Morgan fingerprint density at radius 1 is 1.20 bits per heavy atom. The van der Waals surface area contributed by atoms with Crippen LogP contribution in [0.4, 0.5) is 4.39 Å². The van der Waals surface area contributed by atoms with E-state index in [9.17, 15) is 9.18 Å². The molecule has 0 bridgehead atoms. The first-order valence-electron chi connectivity index (χ1n) is 8.07. The van der Waals surface area contributed by atoms with Crippen molar-refractivity contribution in [1.82, 2.24) is 16.0 Å². The number of amides is 1. The van der Waals surface area contributed by atoms with Crippen molar-refractivity contribution in [3.05, 3.63) is 57.5 Å². The summed E-state index contributed by atoms with van der Waals surface area (Å²) < 4.78 is 13.1. The number of thiophene rings is 1. The van der Waals surface area contributed by atoms with Crippen LogP contribution in [0.1, 0.15) is 16.0 Å². The molecule has 1 amide bonds. The van der Waals surface area contributed by atoms with Gasteiger partial charge in [-0.05, 0) is 41.6 Å². The van der Waals surface area contributed by atoms with Gasteiger partial charge in [-0.1, -0.05) is 12.1 Å². The third kappa shape index (κ3) is 6.54. The number of aliphatic imine (C=N–C) groups is 1. The van der Waals surface area contributed by atoms with Crippen LogP contribution < -0.4 is 16.0 Å². The standard InChI is InChI=1S/C18H23FN4OS/c1-13-6-9-25-16(13)12-23-18(20-2)22-8-7-21-17(24)11-14-4-3-5-15(19)10-14/h3-6,9-10H,7-8,11-12H2,1-2H3,(H,21,24)(H2,20,22,23). The molecule has 7 heteroatoms. The Bertz CT molecular complexity index is 729. The zero-order valence-corrected chi connectivity index (χ0v) is 15.3. The first-order chi connectivity index (χ1) is 12.1. The van der Waals surface area contributed by atoms with Gasteiger partial charge in [0.15, 0.2) is 5.96 Å². The lowest BCUT2D eigenvalue weighted by Gasteiger charge is -2.12. The fourth-order valence-electron chi connectivity index (χ4n) is 2.25. The predicted octanol–water partition coefficient (Wildman–Crippen LogP) is 2.22. The fourth-order valence-corrected chi connectivity index (χ4v) is 3.09. The number of nitrogens with one attached hydrogen (secondary N) is 3. The highest BCUT2D eigenvalue weighted by atomic mass is 32.1. The van der Waals surface area contributed by atoms with Crippen molar-refractivity contribution in [1.29, 1.82) is 0 Å². The smallest absolute Gasteiger partial charge is 0.224 e. The number of benzene rings is 1. The van der Waals surface area contributed by atoms with E-state index in [2.05, 4.69) is 39.3 Å². The molecule has 0 spiro atoms. The van der Waals surface area contributed by atoms with E-state index in [1.807, 2.05) is 0 Å². The van der Waals surface area contributed by atoms with Crippen LogP contribution in [-0.4, -0.2) is 32.0 Å². The molecule has 0 radical (unpaired) electrons. The summed E-state index contributed by atoms with van der Waals surface area (Å²) in [4.78, 5) is 17.3. The number of carbonyl (C=O) groups is 1. The molecule has 0 atom stereocenters. The van der Waals surface area contributed by atoms with Gasteiger partial charge in [0.05, 0.1) is 13.0 Å². The molecule has 1 aromatic heterocycles. The Balaban J connectivity index is 1.65. The van der Waals surface area contributed by atoms with E-state index in [4.69, 9.17) is 0 Å². The molecule has 2 rings (SSSR count). The van der Waals surface area contributed by atoms with Gasteiger partial charge in [0.2, 0.25) is 5.91 Å². The second-order valence-electron chi connectivity index (χ2n) is 5.54. The second kappa shape index (κ2) is 9.78. The third-order valence-electron chi connectivity index (χ3n) is 3.60.